The molecule has 280 valence electrons. The molecule has 6 aromatic rings. The van der Waals surface area contributed by atoms with E-state index in [9.17, 15) is 0 Å². The minimum absolute atomic E-state index is 0.972. The summed E-state index contributed by atoms with van der Waals surface area (Å²) in [5.41, 5.74) is 0. The highest BCUT2D eigenvalue weighted by Crippen LogP contribution is 2.56. The van der Waals surface area contributed by atoms with Gasteiger partial charge >= 0.3 is 0 Å². The SMILES string of the molecule is CC(=O)[O-].CC(=O)[O-].CCCC[P+](c1ccccc1)(c1ccccc1)c1ccccc1.CCCC[P+](c1ccccc1)(c1ccccc1)c1ccccc1. The average molecular weight is 757 g/mol. The Kier molecular flexibility index (Phi) is 19.1. The van der Waals surface area contributed by atoms with Crippen molar-refractivity contribution in [1.82, 2.24) is 0 Å². The third kappa shape index (κ3) is 12.6. The second-order valence-electron chi connectivity index (χ2n) is 12.8. The van der Waals surface area contributed by atoms with Crippen LogP contribution in [0.2, 0.25) is 0 Å². The first-order chi connectivity index (χ1) is 26.2. The Morgan fingerprint density at radius 2 is 0.519 bits per heavy atom. The third-order valence-corrected chi connectivity index (χ3v) is 17.9. The van der Waals surface area contributed by atoms with Crippen molar-refractivity contribution < 1.29 is 19.8 Å². The van der Waals surface area contributed by atoms with Gasteiger partial charge in [0.2, 0.25) is 0 Å². The van der Waals surface area contributed by atoms with E-state index >= 15 is 0 Å². The Morgan fingerprint density at radius 1 is 0.370 bits per heavy atom. The number of rotatable bonds is 12. The van der Waals surface area contributed by atoms with Gasteiger partial charge in [0.25, 0.3) is 0 Å². The van der Waals surface area contributed by atoms with Gasteiger partial charge in [0.1, 0.15) is 46.4 Å². The maximum Gasteiger partial charge on any atom is 0.112 e. The van der Waals surface area contributed by atoms with Gasteiger partial charge in [0.15, 0.2) is 0 Å². The molecule has 0 radical (unpaired) electrons. The van der Waals surface area contributed by atoms with Crippen LogP contribution in [0.4, 0.5) is 0 Å². The van der Waals surface area contributed by atoms with Crippen LogP contribution >= 0.6 is 14.5 Å². The van der Waals surface area contributed by atoms with Crippen molar-refractivity contribution in [2.24, 2.45) is 0 Å². The third-order valence-electron chi connectivity index (χ3n) is 8.88. The number of carboxylic acid groups (broad SMARTS) is 2. The van der Waals surface area contributed by atoms with Gasteiger partial charge < -0.3 is 19.8 Å². The van der Waals surface area contributed by atoms with Gasteiger partial charge in [-0.25, -0.2) is 0 Å². The lowest BCUT2D eigenvalue weighted by Crippen LogP contribution is -2.33. The van der Waals surface area contributed by atoms with Crippen molar-refractivity contribution in [2.75, 3.05) is 12.3 Å². The summed E-state index contributed by atoms with van der Waals surface area (Å²) < 4.78 is 0. The Balaban J connectivity index is 0.000000243. The monoisotopic (exact) mass is 756 g/mol. The lowest BCUT2D eigenvalue weighted by Gasteiger charge is -2.27. The fourth-order valence-electron chi connectivity index (χ4n) is 6.55. The van der Waals surface area contributed by atoms with E-state index in [-0.39, 0.29) is 0 Å². The fourth-order valence-corrected chi connectivity index (χ4v) is 15.6. The van der Waals surface area contributed by atoms with Crippen LogP contribution in [-0.4, -0.2) is 24.3 Å². The topological polar surface area (TPSA) is 80.3 Å². The van der Waals surface area contributed by atoms with E-state index in [0.717, 1.165) is 13.8 Å². The highest BCUT2D eigenvalue weighted by molar-refractivity contribution is 7.96. The van der Waals surface area contributed by atoms with Crippen molar-refractivity contribution in [1.29, 1.82) is 0 Å². The van der Waals surface area contributed by atoms with Crippen LogP contribution < -0.4 is 42.0 Å². The summed E-state index contributed by atoms with van der Waals surface area (Å²) in [7, 11) is -3.14. The maximum atomic E-state index is 8.89. The molecule has 0 heterocycles. The molecular formula is C48H54O4P2. The van der Waals surface area contributed by atoms with E-state index < -0.39 is 26.5 Å². The summed E-state index contributed by atoms with van der Waals surface area (Å²) in [6, 6.07) is 66.8. The molecule has 0 unspecified atom stereocenters. The predicted octanol–water partition coefficient (Wildman–Crippen LogP) is 7.07. The summed E-state index contributed by atoms with van der Waals surface area (Å²) in [6.45, 7) is 6.52. The van der Waals surface area contributed by atoms with Gasteiger partial charge in [-0.05, 0) is 99.5 Å². The molecule has 0 saturated heterocycles. The molecule has 0 amide bonds. The van der Waals surface area contributed by atoms with E-state index in [0.29, 0.717) is 0 Å². The Bertz CT molecular complexity index is 1540. The van der Waals surface area contributed by atoms with Gasteiger partial charge in [0.05, 0.1) is 12.3 Å². The number of carboxylic acids is 2. The molecule has 0 aromatic heterocycles. The van der Waals surface area contributed by atoms with E-state index in [4.69, 9.17) is 19.8 Å². The minimum atomic E-state index is -1.57. The molecule has 6 aromatic carbocycles. The molecule has 0 aliphatic heterocycles. The summed E-state index contributed by atoms with van der Waals surface area (Å²) in [5, 5.41) is 26.7. The standard InChI is InChI=1S/2C22H24P.2C2H4O2/c2*1-2-3-19-23(20-13-7-4-8-14-20,21-15-9-5-10-16-21)22-17-11-6-12-18-22;2*1-2(3)4/h2*4-18H,2-3,19H2,1H3;2*1H3,(H,3,4)/q2*+1;;/p-2. The van der Waals surface area contributed by atoms with Gasteiger partial charge in [-0.15, -0.1) is 0 Å². The maximum absolute atomic E-state index is 8.89. The van der Waals surface area contributed by atoms with Crippen LogP contribution in [0.1, 0.15) is 53.4 Å². The number of aliphatic carboxylic acids is 2. The molecule has 0 bridgehead atoms. The summed E-state index contributed by atoms with van der Waals surface area (Å²) in [4.78, 5) is 17.8. The second kappa shape index (κ2) is 23.7. The summed E-state index contributed by atoms with van der Waals surface area (Å²) in [6.07, 6.45) is 7.45. The van der Waals surface area contributed by atoms with Crippen LogP contribution in [0.5, 0.6) is 0 Å². The molecule has 6 rings (SSSR count). The van der Waals surface area contributed by atoms with Crippen LogP contribution in [0, 0.1) is 0 Å². The zero-order chi connectivity index (χ0) is 39.1. The van der Waals surface area contributed by atoms with Gasteiger partial charge in [0, 0.05) is 11.9 Å². The zero-order valence-corrected chi connectivity index (χ0v) is 33.9. The molecule has 0 aliphatic carbocycles. The van der Waals surface area contributed by atoms with E-state index in [2.05, 4.69) is 196 Å². The van der Waals surface area contributed by atoms with Crippen molar-refractivity contribution in [3.63, 3.8) is 0 Å². The van der Waals surface area contributed by atoms with Gasteiger partial charge in [-0.1, -0.05) is 136 Å². The molecule has 6 heteroatoms. The van der Waals surface area contributed by atoms with Gasteiger partial charge in [-0.2, -0.15) is 0 Å². The van der Waals surface area contributed by atoms with Crippen LogP contribution in [0.15, 0.2) is 182 Å². The van der Waals surface area contributed by atoms with Crippen LogP contribution in [0.25, 0.3) is 0 Å². The summed E-state index contributed by atoms with van der Waals surface area (Å²) >= 11 is 0. The first-order valence-electron chi connectivity index (χ1n) is 18.7. The number of carbonyl (C=O) groups excluding carboxylic acids is 2. The summed E-state index contributed by atoms with van der Waals surface area (Å²) in [5.74, 6) is -2.17. The van der Waals surface area contributed by atoms with Crippen LogP contribution in [0.3, 0.4) is 0 Å². The second-order valence-corrected chi connectivity index (χ2v) is 20.0. The van der Waals surface area contributed by atoms with Crippen molar-refractivity contribution in [2.45, 2.75) is 53.4 Å². The fraction of sp³-hybridized carbons (Fsp3) is 0.208. The number of unbranched alkanes of at least 4 members (excludes halogenated alkanes) is 2. The van der Waals surface area contributed by atoms with E-state index in [1.807, 2.05) is 0 Å². The molecule has 0 fully saturated rings. The van der Waals surface area contributed by atoms with Gasteiger partial charge in [-0.3, -0.25) is 0 Å². The number of carbonyl (C=O) groups is 2. The van der Waals surface area contributed by atoms with E-state index in [1.54, 1.807) is 0 Å². The Morgan fingerprint density at radius 3 is 0.648 bits per heavy atom. The molecular weight excluding hydrogens is 702 g/mol. The highest BCUT2D eigenvalue weighted by Gasteiger charge is 2.45. The number of hydrogen-bond donors (Lipinski definition) is 0. The first kappa shape index (κ1) is 43.5. The Hall–Kier alpha value is -4.88. The molecule has 54 heavy (non-hydrogen) atoms. The first-order valence-corrected chi connectivity index (χ1v) is 22.6. The molecule has 4 nitrogen and oxygen atoms in total. The van der Waals surface area contributed by atoms with Crippen molar-refractivity contribution in [3.8, 4) is 0 Å². The van der Waals surface area contributed by atoms with Crippen molar-refractivity contribution in [3.05, 3.63) is 182 Å². The minimum Gasteiger partial charge on any atom is -0.550 e. The molecule has 0 atom stereocenters. The normalized spacial score (nSPS) is 10.6. The predicted molar refractivity (Wildman–Crippen MR) is 231 cm³/mol. The van der Waals surface area contributed by atoms with Crippen LogP contribution in [-0.2, 0) is 9.59 Å². The highest BCUT2D eigenvalue weighted by atomic mass is 31.2. The lowest BCUT2D eigenvalue weighted by molar-refractivity contribution is -0.303. The molecule has 0 saturated carbocycles. The molecule has 0 aliphatic rings. The Labute approximate surface area is 324 Å². The lowest BCUT2D eigenvalue weighted by atomic mass is 10.3. The smallest absolute Gasteiger partial charge is 0.112 e. The van der Waals surface area contributed by atoms with E-state index in [1.165, 1.54) is 69.8 Å². The number of hydrogen-bond acceptors (Lipinski definition) is 4. The quantitative estimate of drug-likeness (QED) is 0.125. The largest absolute Gasteiger partial charge is 0.550 e. The molecule has 0 N–H and O–H groups in total. The average Bonchev–Trinajstić information content (AvgIpc) is 3.21. The number of benzene rings is 6. The zero-order valence-electron chi connectivity index (χ0n) is 32.1. The van der Waals surface area contributed by atoms with Crippen molar-refractivity contribution >= 4 is 58.3 Å². The molecule has 0 spiro atoms.